The Bertz CT molecular complexity index is 254. The molecule has 20 heavy (non-hydrogen) atoms. The SMILES string of the molecule is CCCCCCCCS(=O)(=O)CCCCCCCC.[Na]. The number of sulfone groups is 1. The van der Waals surface area contributed by atoms with Crippen molar-refractivity contribution in [2.75, 3.05) is 11.5 Å². The fraction of sp³-hybridized carbons (Fsp3) is 1.00. The van der Waals surface area contributed by atoms with Gasteiger partial charge in [-0.1, -0.05) is 78.1 Å². The van der Waals surface area contributed by atoms with Gasteiger partial charge in [0.25, 0.3) is 0 Å². The van der Waals surface area contributed by atoms with Crippen LogP contribution in [0.3, 0.4) is 0 Å². The maximum Gasteiger partial charge on any atom is 0.150 e. The van der Waals surface area contributed by atoms with Gasteiger partial charge in [-0.3, -0.25) is 0 Å². The minimum Gasteiger partial charge on any atom is -0.229 e. The van der Waals surface area contributed by atoms with Crippen LogP contribution in [-0.4, -0.2) is 49.5 Å². The molecule has 4 heteroatoms. The van der Waals surface area contributed by atoms with Gasteiger partial charge in [0.1, 0.15) is 9.84 Å². The molecule has 1 radical (unpaired) electrons. The van der Waals surface area contributed by atoms with Crippen LogP contribution in [0.15, 0.2) is 0 Å². The Hall–Kier alpha value is 0.950. The first-order chi connectivity index (χ1) is 9.12. The van der Waals surface area contributed by atoms with Gasteiger partial charge >= 0.3 is 0 Å². The summed E-state index contributed by atoms with van der Waals surface area (Å²) in [7, 11) is -2.77. The van der Waals surface area contributed by atoms with Crippen LogP contribution >= 0.6 is 0 Å². The molecule has 2 nitrogen and oxygen atoms in total. The molecule has 0 heterocycles. The first-order valence-corrected chi connectivity index (χ1v) is 10.1. The van der Waals surface area contributed by atoms with E-state index < -0.39 is 9.84 Å². The number of hydrogen-bond donors (Lipinski definition) is 0. The molecule has 0 spiro atoms. The van der Waals surface area contributed by atoms with Crippen molar-refractivity contribution in [3.8, 4) is 0 Å². The summed E-state index contributed by atoms with van der Waals surface area (Å²) in [6, 6.07) is 0. The van der Waals surface area contributed by atoms with E-state index in [1.54, 1.807) is 0 Å². The Morgan fingerprint density at radius 1 is 0.550 bits per heavy atom. The van der Waals surface area contributed by atoms with E-state index in [9.17, 15) is 8.42 Å². The van der Waals surface area contributed by atoms with Crippen LogP contribution in [0.25, 0.3) is 0 Å². The average molecular weight is 314 g/mol. The predicted octanol–water partition coefficient (Wildman–Crippen LogP) is 4.74. The molecule has 0 amide bonds. The second-order valence-corrected chi connectivity index (χ2v) is 7.99. The van der Waals surface area contributed by atoms with E-state index >= 15 is 0 Å². The van der Waals surface area contributed by atoms with Gasteiger partial charge in [0, 0.05) is 29.6 Å². The minimum atomic E-state index is -2.77. The van der Waals surface area contributed by atoms with E-state index in [0.717, 1.165) is 25.7 Å². The first-order valence-electron chi connectivity index (χ1n) is 8.32. The summed E-state index contributed by atoms with van der Waals surface area (Å²) < 4.78 is 23.6. The summed E-state index contributed by atoms with van der Waals surface area (Å²) in [5.74, 6) is 0.822. The van der Waals surface area contributed by atoms with Crippen LogP contribution in [0.5, 0.6) is 0 Å². The molecule has 0 bridgehead atoms. The molecule has 0 aromatic carbocycles. The van der Waals surface area contributed by atoms with Gasteiger partial charge in [-0.15, -0.1) is 0 Å². The third-order valence-corrected chi connectivity index (χ3v) is 5.44. The zero-order valence-electron chi connectivity index (χ0n) is 14.1. The van der Waals surface area contributed by atoms with Gasteiger partial charge < -0.3 is 0 Å². The average Bonchev–Trinajstić information content (AvgIpc) is 2.38. The smallest absolute Gasteiger partial charge is 0.150 e. The summed E-state index contributed by atoms with van der Waals surface area (Å²) in [5.41, 5.74) is 0. The zero-order chi connectivity index (χ0) is 14.4. The van der Waals surface area contributed by atoms with Crippen LogP contribution < -0.4 is 0 Å². The molecule has 0 saturated heterocycles. The van der Waals surface area contributed by atoms with E-state index in [4.69, 9.17) is 0 Å². The quantitative estimate of drug-likeness (QED) is 0.343. The third-order valence-electron chi connectivity index (χ3n) is 3.62. The third kappa shape index (κ3) is 17.0. The van der Waals surface area contributed by atoms with E-state index in [1.165, 1.54) is 51.4 Å². The van der Waals surface area contributed by atoms with Crippen LogP contribution in [-0.2, 0) is 9.84 Å². The molecule has 0 aliphatic rings. The molecule has 0 unspecified atom stereocenters. The van der Waals surface area contributed by atoms with Gasteiger partial charge in [0.2, 0.25) is 0 Å². The van der Waals surface area contributed by atoms with Crippen LogP contribution in [0.2, 0.25) is 0 Å². The summed E-state index contributed by atoms with van der Waals surface area (Å²) in [4.78, 5) is 0. The van der Waals surface area contributed by atoms with Crippen molar-refractivity contribution in [1.82, 2.24) is 0 Å². The maximum absolute atomic E-state index is 11.8. The van der Waals surface area contributed by atoms with Gasteiger partial charge in [0.15, 0.2) is 0 Å². The molecule has 0 atom stereocenters. The second kappa shape index (κ2) is 16.3. The predicted molar refractivity (Wildman–Crippen MR) is 91.2 cm³/mol. The van der Waals surface area contributed by atoms with Crippen molar-refractivity contribution < 1.29 is 8.42 Å². The van der Waals surface area contributed by atoms with Crippen molar-refractivity contribution in [3.05, 3.63) is 0 Å². The van der Waals surface area contributed by atoms with Crippen molar-refractivity contribution in [2.45, 2.75) is 90.9 Å². The van der Waals surface area contributed by atoms with Crippen molar-refractivity contribution in [3.63, 3.8) is 0 Å². The minimum absolute atomic E-state index is 0. The van der Waals surface area contributed by atoms with Crippen LogP contribution in [0, 0.1) is 0 Å². The van der Waals surface area contributed by atoms with Gasteiger partial charge in [-0.25, -0.2) is 8.42 Å². The monoisotopic (exact) mass is 313 g/mol. The van der Waals surface area contributed by atoms with E-state index in [1.807, 2.05) is 0 Å². The van der Waals surface area contributed by atoms with Gasteiger partial charge in [-0.05, 0) is 12.8 Å². The van der Waals surface area contributed by atoms with Crippen molar-refractivity contribution in [2.24, 2.45) is 0 Å². The first kappa shape index (κ1) is 23.2. The number of hydrogen-bond acceptors (Lipinski definition) is 2. The van der Waals surface area contributed by atoms with Crippen LogP contribution in [0.4, 0.5) is 0 Å². The molecule has 117 valence electrons. The zero-order valence-corrected chi connectivity index (χ0v) is 16.9. The van der Waals surface area contributed by atoms with Crippen molar-refractivity contribution in [1.29, 1.82) is 0 Å². The number of rotatable bonds is 14. The maximum atomic E-state index is 11.8. The molecule has 0 aliphatic heterocycles. The molecule has 0 fully saturated rings. The Balaban J connectivity index is 0. The summed E-state index contributed by atoms with van der Waals surface area (Å²) in [5, 5.41) is 0. The molecular weight excluding hydrogens is 279 g/mol. The van der Waals surface area contributed by atoms with Crippen LogP contribution in [0.1, 0.15) is 90.9 Å². The summed E-state index contributed by atoms with van der Waals surface area (Å²) in [6.07, 6.45) is 13.8. The fourth-order valence-electron chi connectivity index (χ4n) is 2.31. The Morgan fingerprint density at radius 2 is 0.850 bits per heavy atom. The topological polar surface area (TPSA) is 34.1 Å². The van der Waals surface area contributed by atoms with Gasteiger partial charge in [0.05, 0.1) is 11.5 Å². The normalized spacial score (nSPS) is 11.3. The van der Waals surface area contributed by atoms with E-state index in [-0.39, 0.29) is 29.6 Å². The molecule has 0 aromatic heterocycles. The van der Waals surface area contributed by atoms with Crippen molar-refractivity contribution >= 4 is 39.4 Å². The fourth-order valence-corrected chi connectivity index (χ4v) is 3.80. The molecule has 0 aromatic rings. The second-order valence-electron chi connectivity index (χ2n) is 5.69. The Morgan fingerprint density at radius 3 is 1.20 bits per heavy atom. The van der Waals surface area contributed by atoms with Gasteiger partial charge in [-0.2, -0.15) is 0 Å². The standard InChI is InChI=1S/C16H34O2S.Na/c1-3-5-7-9-11-13-15-19(17,18)16-14-12-10-8-6-4-2;/h3-16H2,1-2H3;. The molecule has 0 N–H and O–H groups in total. The molecule has 0 saturated carbocycles. The summed E-state index contributed by atoms with van der Waals surface area (Å²) in [6.45, 7) is 4.40. The number of unbranched alkanes of at least 4 members (excludes halogenated alkanes) is 10. The molecule has 0 rings (SSSR count). The Labute approximate surface area is 149 Å². The molecule has 0 aliphatic carbocycles. The van der Waals surface area contributed by atoms with E-state index in [0.29, 0.717) is 11.5 Å². The largest absolute Gasteiger partial charge is 0.229 e. The Kier molecular flexibility index (Phi) is 19.0. The van der Waals surface area contributed by atoms with E-state index in [2.05, 4.69) is 13.8 Å². The summed E-state index contributed by atoms with van der Waals surface area (Å²) >= 11 is 0. The molecular formula is C16H34NaO2S.